The largest absolute Gasteiger partial charge is 0.311 e. The van der Waals surface area contributed by atoms with Crippen LogP contribution in [-0.4, -0.2) is 17.4 Å². The number of aromatic nitrogens is 1. The Hall–Kier alpha value is -0.900. The van der Waals surface area contributed by atoms with Crippen molar-refractivity contribution in [3.63, 3.8) is 0 Å². The second-order valence-corrected chi connectivity index (χ2v) is 4.18. The Balaban J connectivity index is 2.29. The standard InChI is InChI=1S/C10H11BrN2O/c11-8-7-12-5-4-9(8)13-6-2-1-3-10(13)14/h4-5,7H,1-3,6H2. The van der Waals surface area contributed by atoms with Crippen molar-refractivity contribution >= 4 is 27.5 Å². The number of piperidine rings is 1. The molecule has 0 N–H and O–H groups in total. The second-order valence-electron chi connectivity index (χ2n) is 3.33. The highest BCUT2D eigenvalue weighted by atomic mass is 79.9. The van der Waals surface area contributed by atoms with Crippen molar-refractivity contribution in [1.82, 2.24) is 4.98 Å². The first-order valence-electron chi connectivity index (χ1n) is 4.69. The van der Waals surface area contributed by atoms with E-state index in [1.54, 1.807) is 12.4 Å². The fraction of sp³-hybridized carbons (Fsp3) is 0.400. The van der Waals surface area contributed by atoms with Crippen molar-refractivity contribution in [3.8, 4) is 0 Å². The molecule has 0 spiro atoms. The molecule has 0 atom stereocenters. The molecule has 0 bridgehead atoms. The smallest absolute Gasteiger partial charge is 0.227 e. The molecule has 2 rings (SSSR count). The molecule has 1 aliphatic heterocycles. The number of carbonyl (C=O) groups is 1. The van der Waals surface area contributed by atoms with Gasteiger partial charge in [0.15, 0.2) is 0 Å². The molecule has 0 radical (unpaired) electrons. The van der Waals surface area contributed by atoms with E-state index in [2.05, 4.69) is 20.9 Å². The fourth-order valence-electron chi connectivity index (χ4n) is 1.65. The van der Waals surface area contributed by atoms with Crippen molar-refractivity contribution in [2.45, 2.75) is 19.3 Å². The number of hydrogen-bond acceptors (Lipinski definition) is 2. The monoisotopic (exact) mass is 254 g/mol. The van der Waals surface area contributed by atoms with E-state index in [0.29, 0.717) is 6.42 Å². The molecule has 1 aromatic heterocycles. The Morgan fingerprint density at radius 3 is 3.00 bits per heavy atom. The Morgan fingerprint density at radius 2 is 2.29 bits per heavy atom. The summed E-state index contributed by atoms with van der Waals surface area (Å²) in [5.41, 5.74) is 0.935. The molecule has 1 aromatic rings. The van der Waals surface area contributed by atoms with Crippen LogP contribution in [0.4, 0.5) is 5.69 Å². The average molecular weight is 255 g/mol. The minimum atomic E-state index is 0.211. The first-order chi connectivity index (χ1) is 6.79. The van der Waals surface area contributed by atoms with Crippen LogP contribution in [0.2, 0.25) is 0 Å². The van der Waals surface area contributed by atoms with Gasteiger partial charge >= 0.3 is 0 Å². The molecular formula is C10H11BrN2O. The summed E-state index contributed by atoms with van der Waals surface area (Å²) < 4.78 is 0.884. The molecule has 1 fully saturated rings. The maximum absolute atomic E-state index is 11.6. The maximum Gasteiger partial charge on any atom is 0.227 e. The third kappa shape index (κ3) is 1.80. The molecule has 1 aliphatic rings. The van der Waals surface area contributed by atoms with E-state index in [1.807, 2.05) is 11.0 Å². The van der Waals surface area contributed by atoms with E-state index in [9.17, 15) is 4.79 Å². The molecule has 2 heterocycles. The van der Waals surface area contributed by atoms with Crippen LogP contribution in [0, 0.1) is 0 Å². The van der Waals surface area contributed by atoms with Gasteiger partial charge in [-0.1, -0.05) is 0 Å². The van der Waals surface area contributed by atoms with Gasteiger partial charge in [-0.15, -0.1) is 0 Å². The number of halogens is 1. The highest BCUT2D eigenvalue weighted by Crippen LogP contribution is 2.27. The quantitative estimate of drug-likeness (QED) is 0.771. The summed E-state index contributed by atoms with van der Waals surface area (Å²) in [6, 6.07) is 1.87. The molecule has 0 aliphatic carbocycles. The summed E-state index contributed by atoms with van der Waals surface area (Å²) in [5.74, 6) is 0.211. The molecule has 1 amide bonds. The Kier molecular flexibility index (Phi) is 2.82. The predicted octanol–water partition coefficient (Wildman–Crippen LogP) is 2.36. The van der Waals surface area contributed by atoms with E-state index in [1.165, 1.54) is 0 Å². The lowest BCUT2D eigenvalue weighted by Gasteiger charge is -2.27. The van der Waals surface area contributed by atoms with Crippen LogP contribution in [0.5, 0.6) is 0 Å². The zero-order valence-electron chi connectivity index (χ0n) is 7.74. The average Bonchev–Trinajstić information content (AvgIpc) is 2.20. The molecule has 14 heavy (non-hydrogen) atoms. The summed E-state index contributed by atoms with van der Waals surface area (Å²) in [4.78, 5) is 17.4. The first-order valence-corrected chi connectivity index (χ1v) is 5.48. The molecule has 1 saturated heterocycles. The third-order valence-corrected chi connectivity index (χ3v) is 2.98. The van der Waals surface area contributed by atoms with Crippen LogP contribution in [0.25, 0.3) is 0 Å². The van der Waals surface area contributed by atoms with E-state index in [-0.39, 0.29) is 5.91 Å². The van der Waals surface area contributed by atoms with E-state index >= 15 is 0 Å². The number of amides is 1. The highest BCUT2D eigenvalue weighted by molar-refractivity contribution is 9.10. The number of nitrogens with zero attached hydrogens (tertiary/aromatic N) is 2. The molecule has 0 aromatic carbocycles. The van der Waals surface area contributed by atoms with Crippen LogP contribution < -0.4 is 4.90 Å². The lowest BCUT2D eigenvalue weighted by molar-refractivity contribution is -0.119. The van der Waals surface area contributed by atoms with E-state index in [4.69, 9.17) is 0 Å². The van der Waals surface area contributed by atoms with Gasteiger partial charge in [0.2, 0.25) is 5.91 Å². The van der Waals surface area contributed by atoms with Crippen LogP contribution >= 0.6 is 15.9 Å². The van der Waals surface area contributed by atoms with Crippen molar-refractivity contribution in [3.05, 3.63) is 22.9 Å². The topological polar surface area (TPSA) is 33.2 Å². The summed E-state index contributed by atoms with van der Waals surface area (Å²) in [5, 5.41) is 0. The van der Waals surface area contributed by atoms with Crippen molar-refractivity contribution < 1.29 is 4.79 Å². The van der Waals surface area contributed by atoms with Gasteiger partial charge in [0.05, 0.1) is 10.2 Å². The summed E-state index contributed by atoms with van der Waals surface area (Å²) in [6.07, 6.45) is 6.19. The summed E-state index contributed by atoms with van der Waals surface area (Å²) >= 11 is 3.40. The number of carbonyl (C=O) groups excluding carboxylic acids is 1. The molecule has 3 nitrogen and oxygen atoms in total. The molecule has 0 saturated carbocycles. The summed E-state index contributed by atoms with van der Waals surface area (Å²) in [6.45, 7) is 0.821. The van der Waals surface area contributed by atoms with Gasteiger partial charge in [-0.2, -0.15) is 0 Å². The van der Waals surface area contributed by atoms with Crippen molar-refractivity contribution in [1.29, 1.82) is 0 Å². The van der Waals surface area contributed by atoms with Crippen LogP contribution in [0.15, 0.2) is 22.9 Å². The number of anilines is 1. The fourth-order valence-corrected chi connectivity index (χ4v) is 2.11. The van der Waals surface area contributed by atoms with E-state index in [0.717, 1.165) is 29.5 Å². The normalized spacial score (nSPS) is 17.2. The van der Waals surface area contributed by atoms with Gasteiger partial charge < -0.3 is 4.90 Å². The van der Waals surface area contributed by atoms with Gasteiger partial charge in [0.1, 0.15) is 0 Å². The van der Waals surface area contributed by atoms with E-state index < -0.39 is 0 Å². The minimum absolute atomic E-state index is 0.211. The number of hydrogen-bond donors (Lipinski definition) is 0. The summed E-state index contributed by atoms with van der Waals surface area (Å²) in [7, 11) is 0. The van der Waals surface area contributed by atoms with Gasteiger partial charge in [-0.3, -0.25) is 9.78 Å². The van der Waals surface area contributed by atoms with Crippen LogP contribution in [-0.2, 0) is 4.79 Å². The Morgan fingerprint density at radius 1 is 1.43 bits per heavy atom. The van der Waals surface area contributed by atoms with Gasteiger partial charge in [-0.25, -0.2) is 0 Å². The Labute approximate surface area is 91.3 Å². The predicted molar refractivity (Wildman–Crippen MR) is 58.1 cm³/mol. The lowest BCUT2D eigenvalue weighted by Crippen LogP contribution is -2.35. The van der Waals surface area contributed by atoms with Crippen LogP contribution in [0.3, 0.4) is 0 Å². The minimum Gasteiger partial charge on any atom is -0.311 e. The zero-order valence-corrected chi connectivity index (χ0v) is 9.33. The molecule has 0 unspecified atom stereocenters. The zero-order chi connectivity index (χ0) is 9.97. The SMILES string of the molecule is O=C1CCCCN1c1ccncc1Br. The number of pyridine rings is 1. The molecule has 4 heteroatoms. The maximum atomic E-state index is 11.6. The lowest BCUT2D eigenvalue weighted by atomic mass is 10.1. The van der Waals surface area contributed by atoms with Crippen molar-refractivity contribution in [2.75, 3.05) is 11.4 Å². The second kappa shape index (κ2) is 4.09. The highest BCUT2D eigenvalue weighted by Gasteiger charge is 2.20. The van der Waals surface area contributed by atoms with Gasteiger partial charge in [-0.05, 0) is 34.8 Å². The van der Waals surface area contributed by atoms with Crippen LogP contribution in [0.1, 0.15) is 19.3 Å². The van der Waals surface area contributed by atoms with Gasteiger partial charge in [0, 0.05) is 25.4 Å². The Bertz CT molecular complexity index is 354. The van der Waals surface area contributed by atoms with Gasteiger partial charge in [0.25, 0.3) is 0 Å². The number of rotatable bonds is 1. The third-order valence-electron chi connectivity index (χ3n) is 2.37. The molecular weight excluding hydrogens is 244 g/mol. The first kappa shape index (κ1) is 9.65. The molecule has 74 valence electrons. The van der Waals surface area contributed by atoms with Crippen molar-refractivity contribution in [2.24, 2.45) is 0 Å².